The van der Waals surface area contributed by atoms with Crippen LogP contribution in [0.15, 0.2) is 64.1 Å². The molecule has 0 spiro atoms. The van der Waals surface area contributed by atoms with Crippen LogP contribution in [0.25, 0.3) is 5.65 Å². The first-order chi connectivity index (χ1) is 14.0. The first-order valence-corrected chi connectivity index (χ1v) is 10.5. The fraction of sp³-hybridized carbons (Fsp3) is 0.211. The fourth-order valence-corrected chi connectivity index (χ4v) is 3.97. The van der Waals surface area contributed by atoms with Gasteiger partial charge in [0.05, 0.1) is 17.7 Å². The molecule has 3 heterocycles. The number of aromatic nitrogens is 4. The van der Waals surface area contributed by atoms with Gasteiger partial charge in [-0.2, -0.15) is 4.52 Å². The van der Waals surface area contributed by atoms with E-state index in [1.165, 1.54) is 0 Å². The smallest absolute Gasteiger partial charge is 0.240 e. The van der Waals surface area contributed by atoms with Crippen LogP contribution >= 0.6 is 0 Å². The van der Waals surface area contributed by atoms with E-state index in [9.17, 15) is 8.42 Å². The van der Waals surface area contributed by atoms with Gasteiger partial charge in [0.1, 0.15) is 11.6 Å². The van der Waals surface area contributed by atoms with Gasteiger partial charge in [0, 0.05) is 13.0 Å². The molecule has 9 nitrogen and oxygen atoms in total. The highest BCUT2D eigenvalue weighted by molar-refractivity contribution is 7.89. The molecule has 0 saturated carbocycles. The van der Waals surface area contributed by atoms with Crippen LogP contribution < -0.4 is 10.0 Å². The van der Waals surface area contributed by atoms with Crippen LogP contribution in [0.4, 0.5) is 5.82 Å². The molecule has 0 fully saturated rings. The lowest BCUT2D eigenvalue weighted by Gasteiger charge is -2.07. The Bertz CT molecular complexity index is 1220. The SMILES string of the molecule is Cc1cccc(S(=O)(=O)NCCc2nnc3ccc(NCc4ccco4)nn23)c1. The van der Waals surface area contributed by atoms with Crippen molar-refractivity contribution in [3.8, 4) is 0 Å². The number of furan rings is 1. The Balaban J connectivity index is 1.43. The second kappa shape index (κ2) is 8.02. The maximum Gasteiger partial charge on any atom is 0.240 e. The van der Waals surface area contributed by atoms with Crippen LogP contribution in [0.5, 0.6) is 0 Å². The van der Waals surface area contributed by atoms with Gasteiger partial charge in [-0.1, -0.05) is 12.1 Å². The third-order valence-corrected chi connectivity index (χ3v) is 5.75. The van der Waals surface area contributed by atoms with E-state index in [-0.39, 0.29) is 11.4 Å². The van der Waals surface area contributed by atoms with Crippen molar-refractivity contribution in [3.05, 3.63) is 71.9 Å². The average molecular weight is 412 g/mol. The van der Waals surface area contributed by atoms with Crippen LogP contribution in [0.2, 0.25) is 0 Å². The van der Waals surface area contributed by atoms with E-state index in [2.05, 4.69) is 25.3 Å². The quantitative estimate of drug-likeness (QED) is 0.456. The topological polar surface area (TPSA) is 114 Å². The Morgan fingerprint density at radius 3 is 2.79 bits per heavy atom. The first-order valence-electron chi connectivity index (χ1n) is 9.05. The third-order valence-electron chi connectivity index (χ3n) is 4.29. The molecule has 3 aromatic heterocycles. The van der Waals surface area contributed by atoms with Gasteiger partial charge in [0.15, 0.2) is 11.5 Å². The molecular weight excluding hydrogens is 392 g/mol. The molecule has 0 bridgehead atoms. The highest BCUT2D eigenvalue weighted by Gasteiger charge is 2.15. The lowest BCUT2D eigenvalue weighted by atomic mass is 10.2. The molecule has 29 heavy (non-hydrogen) atoms. The molecule has 4 aromatic rings. The number of sulfonamides is 1. The van der Waals surface area contributed by atoms with Crippen molar-refractivity contribution in [1.82, 2.24) is 24.5 Å². The molecule has 0 aliphatic rings. The maximum atomic E-state index is 12.4. The van der Waals surface area contributed by atoms with Crippen LogP contribution in [0.1, 0.15) is 17.1 Å². The van der Waals surface area contributed by atoms with E-state index in [0.29, 0.717) is 30.3 Å². The van der Waals surface area contributed by atoms with Crippen LogP contribution in [-0.2, 0) is 23.0 Å². The van der Waals surface area contributed by atoms with Gasteiger partial charge in [-0.3, -0.25) is 0 Å². The van der Waals surface area contributed by atoms with E-state index in [1.807, 2.05) is 25.1 Å². The summed E-state index contributed by atoms with van der Waals surface area (Å²) >= 11 is 0. The van der Waals surface area contributed by atoms with Crippen molar-refractivity contribution >= 4 is 21.5 Å². The number of nitrogens with zero attached hydrogens (tertiary/aromatic N) is 4. The van der Waals surface area contributed by atoms with Crippen LogP contribution in [0, 0.1) is 6.92 Å². The van der Waals surface area contributed by atoms with Crippen molar-refractivity contribution in [2.75, 3.05) is 11.9 Å². The molecule has 0 saturated heterocycles. The minimum atomic E-state index is -3.58. The monoisotopic (exact) mass is 412 g/mol. The molecule has 0 unspecified atom stereocenters. The van der Waals surface area contributed by atoms with Crippen molar-refractivity contribution in [2.24, 2.45) is 0 Å². The van der Waals surface area contributed by atoms with Crippen molar-refractivity contribution in [2.45, 2.75) is 24.8 Å². The van der Waals surface area contributed by atoms with Crippen LogP contribution in [0.3, 0.4) is 0 Å². The molecular formula is C19H20N6O3S. The van der Waals surface area contributed by atoms with Gasteiger partial charge in [-0.25, -0.2) is 13.1 Å². The Kier molecular flexibility index (Phi) is 5.28. The number of aryl methyl sites for hydroxylation is 1. The summed E-state index contributed by atoms with van der Waals surface area (Å²) in [6, 6.07) is 14.1. The predicted octanol–water partition coefficient (Wildman–Crippen LogP) is 2.16. The second-order valence-corrected chi connectivity index (χ2v) is 8.27. The maximum absolute atomic E-state index is 12.4. The number of rotatable bonds is 8. The molecule has 2 N–H and O–H groups in total. The van der Waals surface area contributed by atoms with Crippen LogP contribution in [-0.4, -0.2) is 34.8 Å². The number of nitrogens with one attached hydrogen (secondary N) is 2. The number of fused-ring (bicyclic) bond motifs is 1. The Hall–Kier alpha value is -3.24. The zero-order valence-corrected chi connectivity index (χ0v) is 16.6. The minimum Gasteiger partial charge on any atom is -0.467 e. The summed E-state index contributed by atoms with van der Waals surface area (Å²) in [6.07, 6.45) is 1.96. The van der Waals surface area contributed by atoms with Crippen molar-refractivity contribution in [1.29, 1.82) is 0 Å². The highest BCUT2D eigenvalue weighted by Crippen LogP contribution is 2.12. The van der Waals surface area contributed by atoms with Gasteiger partial charge in [-0.05, 0) is 48.9 Å². The summed E-state index contributed by atoms with van der Waals surface area (Å²) in [6.45, 7) is 2.53. The molecule has 0 aliphatic carbocycles. The second-order valence-electron chi connectivity index (χ2n) is 6.50. The zero-order chi connectivity index (χ0) is 20.3. The largest absolute Gasteiger partial charge is 0.467 e. The molecule has 150 valence electrons. The fourth-order valence-electron chi connectivity index (χ4n) is 2.84. The Labute approximate surface area is 167 Å². The summed E-state index contributed by atoms with van der Waals surface area (Å²) in [5, 5.41) is 15.9. The summed E-state index contributed by atoms with van der Waals surface area (Å²) in [5.74, 6) is 1.99. The predicted molar refractivity (Wildman–Crippen MR) is 107 cm³/mol. The number of hydrogen-bond acceptors (Lipinski definition) is 7. The molecule has 0 aliphatic heterocycles. The van der Waals surface area contributed by atoms with E-state index in [4.69, 9.17) is 4.42 Å². The first kappa shape index (κ1) is 19.1. The molecule has 10 heteroatoms. The average Bonchev–Trinajstić information content (AvgIpc) is 3.36. The van der Waals surface area contributed by atoms with E-state index in [1.54, 1.807) is 41.1 Å². The number of hydrogen-bond donors (Lipinski definition) is 2. The lowest BCUT2D eigenvalue weighted by molar-refractivity contribution is 0.517. The minimum absolute atomic E-state index is 0.183. The summed E-state index contributed by atoms with van der Waals surface area (Å²) in [5.41, 5.74) is 1.47. The number of anilines is 1. The van der Waals surface area contributed by atoms with Gasteiger partial charge >= 0.3 is 0 Å². The Morgan fingerprint density at radius 2 is 2.00 bits per heavy atom. The summed E-state index contributed by atoms with van der Waals surface area (Å²) < 4.78 is 34.4. The van der Waals surface area contributed by atoms with Crippen molar-refractivity contribution in [3.63, 3.8) is 0 Å². The van der Waals surface area contributed by atoms with E-state index >= 15 is 0 Å². The molecule has 0 amide bonds. The molecule has 0 radical (unpaired) electrons. The van der Waals surface area contributed by atoms with Gasteiger partial charge in [-0.15, -0.1) is 15.3 Å². The van der Waals surface area contributed by atoms with Gasteiger partial charge in [0.25, 0.3) is 0 Å². The third kappa shape index (κ3) is 4.44. The van der Waals surface area contributed by atoms with Crippen molar-refractivity contribution < 1.29 is 12.8 Å². The highest BCUT2D eigenvalue weighted by atomic mass is 32.2. The summed E-state index contributed by atoms with van der Waals surface area (Å²) in [7, 11) is -3.58. The Morgan fingerprint density at radius 1 is 1.10 bits per heavy atom. The molecule has 4 rings (SSSR count). The zero-order valence-electron chi connectivity index (χ0n) is 15.7. The molecule has 0 atom stereocenters. The van der Waals surface area contributed by atoms with Gasteiger partial charge in [0.2, 0.25) is 10.0 Å². The summed E-state index contributed by atoms with van der Waals surface area (Å²) in [4.78, 5) is 0.242. The number of benzene rings is 1. The van der Waals surface area contributed by atoms with E-state index in [0.717, 1.165) is 11.3 Å². The normalized spacial score (nSPS) is 11.8. The van der Waals surface area contributed by atoms with Gasteiger partial charge < -0.3 is 9.73 Å². The standard InChI is InChI=1S/C19H20N6O3S/c1-14-4-2-6-16(12-14)29(26,27)21-10-9-19-23-22-18-8-7-17(24-25(18)19)20-13-15-5-3-11-28-15/h2-8,11-12,21H,9-10,13H2,1H3,(H,20,24). The van der Waals surface area contributed by atoms with E-state index < -0.39 is 10.0 Å². The molecule has 1 aromatic carbocycles. The lowest BCUT2D eigenvalue weighted by Crippen LogP contribution is -2.26.